The average Bonchev–Trinajstić information content (AvgIpc) is 3.63. The van der Waals surface area contributed by atoms with Gasteiger partial charge in [0.1, 0.15) is 60.4 Å². The molecule has 0 radical (unpaired) electrons. The molecule has 1 saturated heterocycles. The SMILES string of the molecule is C/C=C/C[C@@H](C)[C@@H](O)[C@H]1C(=O)N[C@@H](CC)C(=O)N(C)CC(=O)N(C)[C@@H](CC(C)C)C(=O)N[C@@H](C(C)C)C(=O)N(C)[C@@H](CCC)C(=O)N[C@@H](C)C(=O)N[C@H](C)C(=O)N(C)[C@@H](CC(C)C)C(=O)N(C)[C@@H](CC(C)C)C(=O)N(C)[C@@H](C(C)C)C(=O)N1C. The number of hydrogen-bond acceptors (Lipinski definition) is 12. The second kappa shape index (κ2) is 34.7. The molecule has 1 rings (SSSR count). The fraction of sp³-hybridized carbons (Fsp3) is 0.787. The molecular weight excluding hydrogens is 1080 g/mol. The van der Waals surface area contributed by atoms with Gasteiger partial charge in [-0.1, -0.05) is 109 Å². The predicted octanol–water partition coefficient (Wildman–Crippen LogP) is 3.02. The van der Waals surface area contributed by atoms with E-state index in [2.05, 4.69) is 21.3 Å². The fourth-order valence-corrected chi connectivity index (χ4v) is 10.6. The van der Waals surface area contributed by atoms with Crippen molar-refractivity contribution in [2.45, 2.75) is 222 Å². The van der Waals surface area contributed by atoms with Crippen LogP contribution in [-0.2, 0) is 52.7 Å². The van der Waals surface area contributed by atoms with E-state index in [9.17, 15) is 48.3 Å². The van der Waals surface area contributed by atoms with Crippen LogP contribution < -0.4 is 21.3 Å². The lowest BCUT2D eigenvalue weighted by atomic mass is 9.91. The highest BCUT2D eigenvalue weighted by Gasteiger charge is 2.45. The van der Waals surface area contributed by atoms with Gasteiger partial charge in [-0.25, -0.2) is 0 Å². The van der Waals surface area contributed by atoms with Gasteiger partial charge in [-0.2, -0.15) is 0 Å². The van der Waals surface area contributed by atoms with E-state index in [4.69, 9.17) is 0 Å². The molecule has 1 heterocycles. The molecule has 0 bridgehead atoms. The van der Waals surface area contributed by atoms with E-state index in [0.717, 1.165) is 9.80 Å². The zero-order valence-corrected chi connectivity index (χ0v) is 55.2. The molecule has 0 unspecified atom stereocenters. The Morgan fingerprint density at radius 1 is 0.488 bits per heavy atom. The second-order valence-corrected chi connectivity index (χ2v) is 25.3. The first-order chi connectivity index (χ1) is 38.9. The molecule has 23 nitrogen and oxygen atoms in total. The Morgan fingerprint density at radius 2 is 0.940 bits per heavy atom. The summed E-state index contributed by atoms with van der Waals surface area (Å²) < 4.78 is 0. The third kappa shape index (κ3) is 20.8. The van der Waals surface area contributed by atoms with Crippen LogP contribution >= 0.6 is 0 Å². The summed E-state index contributed by atoms with van der Waals surface area (Å²) in [6, 6.07) is -12.3. The monoisotopic (exact) mass is 1190 g/mol. The van der Waals surface area contributed by atoms with Crippen LogP contribution in [0.15, 0.2) is 12.2 Å². The van der Waals surface area contributed by atoms with Gasteiger partial charge in [0.15, 0.2) is 0 Å². The Hall–Kier alpha value is -6.13. The summed E-state index contributed by atoms with van der Waals surface area (Å²) in [7, 11) is 9.90. The van der Waals surface area contributed by atoms with Gasteiger partial charge in [-0.15, -0.1) is 0 Å². The van der Waals surface area contributed by atoms with Crippen molar-refractivity contribution >= 4 is 65.0 Å². The first kappa shape index (κ1) is 75.9. The normalized spacial score (nSPS) is 27.0. The molecule has 480 valence electrons. The van der Waals surface area contributed by atoms with E-state index in [1.807, 2.05) is 48.5 Å². The van der Waals surface area contributed by atoms with E-state index >= 15 is 9.59 Å². The fourth-order valence-electron chi connectivity index (χ4n) is 10.6. The largest absolute Gasteiger partial charge is 0.390 e. The third-order valence-corrected chi connectivity index (χ3v) is 15.9. The van der Waals surface area contributed by atoms with Crippen LogP contribution in [-0.4, -0.2) is 227 Å². The van der Waals surface area contributed by atoms with Crippen molar-refractivity contribution in [3.8, 4) is 0 Å². The Bertz CT molecular complexity index is 2290. The topological polar surface area (TPSA) is 279 Å². The highest BCUT2D eigenvalue weighted by molar-refractivity contribution is 5.99. The number of rotatable bonds is 15. The van der Waals surface area contributed by atoms with Crippen LogP contribution in [0, 0.1) is 35.5 Å². The molecule has 0 aromatic carbocycles. The Labute approximate surface area is 502 Å². The van der Waals surface area contributed by atoms with Crippen molar-refractivity contribution in [2.75, 3.05) is 55.9 Å². The number of nitrogens with one attached hydrogen (secondary N) is 4. The maximum absolute atomic E-state index is 15.1. The molecule has 11 amide bonds. The van der Waals surface area contributed by atoms with Gasteiger partial charge in [0.2, 0.25) is 65.0 Å². The minimum absolute atomic E-state index is 0.0240. The van der Waals surface area contributed by atoms with Gasteiger partial charge < -0.3 is 60.7 Å². The summed E-state index contributed by atoms with van der Waals surface area (Å²) in [5.74, 6) is -9.55. The second-order valence-electron chi connectivity index (χ2n) is 25.3. The zero-order valence-electron chi connectivity index (χ0n) is 55.2. The number of carbonyl (C=O) groups is 11. The Kier molecular flexibility index (Phi) is 31.4. The summed E-state index contributed by atoms with van der Waals surface area (Å²) in [5.41, 5.74) is 0. The van der Waals surface area contributed by atoms with Crippen LogP contribution in [0.1, 0.15) is 156 Å². The molecule has 5 N–H and O–H groups in total. The van der Waals surface area contributed by atoms with E-state index in [-0.39, 0.29) is 49.9 Å². The van der Waals surface area contributed by atoms with Crippen molar-refractivity contribution in [1.29, 1.82) is 0 Å². The molecule has 0 aromatic rings. The smallest absolute Gasteiger partial charge is 0.246 e. The Balaban J connectivity index is 4.29. The number of amides is 11. The predicted molar refractivity (Wildman–Crippen MR) is 324 cm³/mol. The van der Waals surface area contributed by atoms with Gasteiger partial charge in [0, 0.05) is 49.3 Å². The van der Waals surface area contributed by atoms with Crippen molar-refractivity contribution in [2.24, 2.45) is 35.5 Å². The molecule has 0 spiro atoms. The molecule has 0 aromatic heterocycles. The maximum Gasteiger partial charge on any atom is 0.246 e. The van der Waals surface area contributed by atoms with Crippen LogP contribution in [0.25, 0.3) is 0 Å². The van der Waals surface area contributed by atoms with Gasteiger partial charge in [-0.05, 0) is 94.8 Å². The van der Waals surface area contributed by atoms with Crippen molar-refractivity contribution in [3.63, 3.8) is 0 Å². The number of carbonyl (C=O) groups excluding carboxylic acids is 11. The van der Waals surface area contributed by atoms with Crippen molar-refractivity contribution in [1.82, 2.24) is 55.6 Å². The molecular formula is C61H109N11O12. The van der Waals surface area contributed by atoms with Crippen LogP contribution in [0.5, 0.6) is 0 Å². The number of aliphatic hydroxyl groups is 1. The highest BCUT2D eigenvalue weighted by atomic mass is 16.3. The molecule has 1 aliphatic rings. The van der Waals surface area contributed by atoms with Gasteiger partial charge in [0.25, 0.3) is 0 Å². The first-order valence-electron chi connectivity index (χ1n) is 30.2. The summed E-state index contributed by atoms with van der Waals surface area (Å²) in [6.07, 6.45) is 3.51. The highest BCUT2D eigenvalue weighted by Crippen LogP contribution is 2.25. The number of allylic oxidation sites excluding steroid dienone is 2. The van der Waals surface area contributed by atoms with Crippen LogP contribution in [0.3, 0.4) is 0 Å². The number of aliphatic hydroxyl groups excluding tert-OH is 1. The molecule has 84 heavy (non-hydrogen) atoms. The number of nitrogens with zero attached hydrogens (tertiary/aromatic N) is 7. The third-order valence-electron chi connectivity index (χ3n) is 15.9. The summed E-state index contributed by atoms with van der Waals surface area (Å²) in [4.78, 5) is 168. The van der Waals surface area contributed by atoms with Crippen LogP contribution in [0.2, 0.25) is 0 Å². The first-order valence-corrected chi connectivity index (χ1v) is 30.2. The molecule has 1 aliphatic heterocycles. The van der Waals surface area contributed by atoms with Gasteiger partial charge in [0.05, 0.1) is 12.6 Å². The zero-order chi connectivity index (χ0) is 65.1. The quantitative estimate of drug-likeness (QED) is 0.148. The minimum atomic E-state index is -1.61. The number of hydrogen-bond donors (Lipinski definition) is 5. The van der Waals surface area contributed by atoms with E-state index < -0.39 is 156 Å². The molecule has 0 saturated carbocycles. The lowest BCUT2D eigenvalue weighted by molar-refractivity contribution is -0.157. The van der Waals surface area contributed by atoms with E-state index in [1.165, 1.54) is 87.7 Å². The average molecular weight is 1190 g/mol. The molecule has 0 aliphatic carbocycles. The number of likely N-dealkylation sites (N-methyl/N-ethyl adjacent to an activating group) is 7. The van der Waals surface area contributed by atoms with E-state index in [1.54, 1.807) is 60.6 Å². The summed E-state index contributed by atoms with van der Waals surface area (Å²) in [6.45, 7) is 27.4. The molecule has 12 atom stereocenters. The molecule has 1 fully saturated rings. The summed E-state index contributed by atoms with van der Waals surface area (Å²) in [5, 5.41) is 23.0. The van der Waals surface area contributed by atoms with Crippen molar-refractivity contribution in [3.05, 3.63) is 12.2 Å². The van der Waals surface area contributed by atoms with E-state index in [0.29, 0.717) is 12.8 Å². The van der Waals surface area contributed by atoms with Crippen molar-refractivity contribution < 1.29 is 57.8 Å². The van der Waals surface area contributed by atoms with Gasteiger partial charge in [-0.3, -0.25) is 52.7 Å². The lowest BCUT2D eigenvalue weighted by Crippen LogP contribution is -2.63. The maximum atomic E-state index is 15.1. The lowest BCUT2D eigenvalue weighted by Gasteiger charge is -2.41. The van der Waals surface area contributed by atoms with Gasteiger partial charge >= 0.3 is 0 Å². The van der Waals surface area contributed by atoms with Crippen LogP contribution in [0.4, 0.5) is 0 Å². The minimum Gasteiger partial charge on any atom is -0.390 e. The summed E-state index contributed by atoms with van der Waals surface area (Å²) >= 11 is 0. The standard InChI is InChI=1S/C61H109N11O12/c1-24-27-29-39(14)51(74)50-55(78)64-42(26-3)57(80)66(17)33-47(73)67(18)44(30-34(4)5)54(77)65-48(37(10)11)60(83)68(19)43(28-25-2)53(76)62-40(15)52(75)63-41(16)56(79)69(20)45(31-35(6)7)58(81)70(21)46(32-36(8)9)59(82)71(22)49(38(12)13)61(84)72(50)23/h24,27,34-46,48-51,74H,25-26,28-33H2,1-23H3,(H,62,76)(H,63,75)(H,64,78)(H,65,77)/b27-24+/t39-,40+,41-,42+,43+,44+,45+,46+,48+,49+,50+,51-/m1/s1. The molecule has 23 heteroatoms. The Morgan fingerprint density at radius 3 is 1.40 bits per heavy atom.